The van der Waals surface area contributed by atoms with Crippen molar-refractivity contribution in [2.45, 2.75) is 32.2 Å². The third kappa shape index (κ3) is 2.70. The standard InChI is InChI=1S/C12H18N4O2/c1-8-3-2-4-12(8)14-9-5-10(15-13)7-11(6-9)16(17)18/h5-8,12,14-15H,2-4,13H2,1H3. The normalized spacial score (nSPS) is 22.8. The van der Waals surface area contributed by atoms with Crippen LogP contribution in [-0.4, -0.2) is 11.0 Å². The number of nitrogens with zero attached hydrogens (tertiary/aromatic N) is 1. The number of nitro benzene ring substituents is 1. The quantitative estimate of drug-likeness (QED) is 0.433. The molecule has 4 N–H and O–H groups in total. The van der Waals surface area contributed by atoms with Crippen LogP contribution >= 0.6 is 0 Å². The van der Waals surface area contributed by atoms with Gasteiger partial charge in [-0.1, -0.05) is 13.3 Å². The maximum atomic E-state index is 10.8. The van der Waals surface area contributed by atoms with Crippen LogP contribution in [0.15, 0.2) is 18.2 Å². The van der Waals surface area contributed by atoms with Crippen molar-refractivity contribution in [1.82, 2.24) is 0 Å². The molecule has 2 unspecified atom stereocenters. The monoisotopic (exact) mass is 250 g/mol. The zero-order valence-corrected chi connectivity index (χ0v) is 10.3. The van der Waals surface area contributed by atoms with E-state index in [9.17, 15) is 10.1 Å². The lowest BCUT2D eigenvalue weighted by molar-refractivity contribution is -0.384. The van der Waals surface area contributed by atoms with Crippen LogP contribution in [0.1, 0.15) is 26.2 Å². The topological polar surface area (TPSA) is 93.2 Å². The third-order valence-corrected chi connectivity index (χ3v) is 3.51. The fourth-order valence-corrected chi connectivity index (χ4v) is 2.46. The maximum Gasteiger partial charge on any atom is 0.273 e. The van der Waals surface area contributed by atoms with Gasteiger partial charge in [0.25, 0.3) is 5.69 Å². The summed E-state index contributed by atoms with van der Waals surface area (Å²) in [6.07, 6.45) is 3.51. The summed E-state index contributed by atoms with van der Waals surface area (Å²) in [5.41, 5.74) is 3.78. The molecule has 1 aliphatic carbocycles. The van der Waals surface area contributed by atoms with E-state index in [0.29, 0.717) is 17.6 Å². The van der Waals surface area contributed by atoms with E-state index in [4.69, 9.17) is 5.84 Å². The van der Waals surface area contributed by atoms with Crippen LogP contribution in [0.2, 0.25) is 0 Å². The molecule has 0 bridgehead atoms. The number of nitrogens with two attached hydrogens (primary N) is 1. The molecule has 0 radical (unpaired) electrons. The van der Waals surface area contributed by atoms with Gasteiger partial charge in [-0.2, -0.15) is 0 Å². The molecule has 18 heavy (non-hydrogen) atoms. The van der Waals surface area contributed by atoms with Crippen LogP contribution in [0.5, 0.6) is 0 Å². The molecular weight excluding hydrogens is 232 g/mol. The molecular formula is C12H18N4O2. The van der Waals surface area contributed by atoms with Crippen LogP contribution in [0.25, 0.3) is 0 Å². The first-order chi connectivity index (χ1) is 8.60. The molecule has 1 fully saturated rings. The molecule has 0 spiro atoms. The second-order valence-electron chi connectivity index (χ2n) is 4.83. The molecule has 0 amide bonds. The first-order valence-electron chi connectivity index (χ1n) is 6.13. The van der Waals surface area contributed by atoms with E-state index in [1.54, 1.807) is 12.1 Å². The van der Waals surface area contributed by atoms with Gasteiger partial charge in [-0.3, -0.25) is 16.0 Å². The van der Waals surface area contributed by atoms with E-state index in [1.807, 2.05) is 0 Å². The van der Waals surface area contributed by atoms with Crippen LogP contribution in [0.4, 0.5) is 17.1 Å². The Hall–Kier alpha value is -1.82. The summed E-state index contributed by atoms with van der Waals surface area (Å²) in [6, 6.07) is 5.14. The second-order valence-corrected chi connectivity index (χ2v) is 4.83. The van der Waals surface area contributed by atoms with Gasteiger partial charge in [0.05, 0.1) is 10.6 Å². The minimum Gasteiger partial charge on any atom is -0.382 e. The largest absolute Gasteiger partial charge is 0.382 e. The Bertz CT molecular complexity index is 450. The summed E-state index contributed by atoms with van der Waals surface area (Å²) in [4.78, 5) is 10.4. The highest BCUT2D eigenvalue weighted by Gasteiger charge is 2.23. The van der Waals surface area contributed by atoms with Gasteiger partial charge in [-0.25, -0.2) is 0 Å². The van der Waals surface area contributed by atoms with E-state index < -0.39 is 4.92 Å². The highest BCUT2D eigenvalue weighted by molar-refractivity contribution is 5.63. The fourth-order valence-electron chi connectivity index (χ4n) is 2.46. The molecule has 2 atom stereocenters. The average Bonchev–Trinajstić information content (AvgIpc) is 2.74. The van der Waals surface area contributed by atoms with E-state index in [-0.39, 0.29) is 5.69 Å². The molecule has 1 aromatic carbocycles. The minimum absolute atomic E-state index is 0.0404. The number of benzene rings is 1. The lowest BCUT2D eigenvalue weighted by atomic mass is 10.1. The van der Waals surface area contributed by atoms with E-state index in [2.05, 4.69) is 17.7 Å². The Balaban J connectivity index is 2.21. The van der Waals surface area contributed by atoms with E-state index in [0.717, 1.165) is 12.1 Å². The van der Waals surface area contributed by atoms with Crippen LogP contribution < -0.4 is 16.6 Å². The van der Waals surface area contributed by atoms with Gasteiger partial charge in [-0.05, 0) is 24.8 Å². The number of anilines is 2. The summed E-state index contributed by atoms with van der Waals surface area (Å²) in [5, 5.41) is 14.2. The summed E-state index contributed by atoms with van der Waals surface area (Å²) in [5.74, 6) is 5.92. The van der Waals surface area contributed by atoms with Crippen molar-refractivity contribution in [1.29, 1.82) is 0 Å². The Morgan fingerprint density at radius 3 is 2.61 bits per heavy atom. The number of hydrazine groups is 1. The van der Waals surface area contributed by atoms with Crippen molar-refractivity contribution in [3.05, 3.63) is 28.3 Å². The molecule has 0 aromatic heterocycles. The molecule has 0 aliphatic heterocycles. The van der Waals surface area contributed by atoms with Crippen molar-refractivity contribution in [3.8, 4) is 0 Å². The summed E-state index contributed by atoms with van der Waals surface area (Å²) >= 11 is 0. The van der Waals surface area contributed by atoms with Crippen LogP contribution in [0.3, 0.4) is 0 Å². The minimum atomic E-state index is -0.413. The number of hydrogen-bond donors (Lipinski definition) is 3. The molecule has 1 aromatic rings. The van der Waals surface area contributed by atoms with Crippen LogP contribution in [-0.2, 0) is 0 Å². The smallest absolute Gasteiger partial charge is 0.273 e. The lowest BCUT2D eigenvalue weighted by Gasteiger charge is -2.19. The van der Waals surface area contributed by atoms with Crippen molar-refractivity contribution in [2.75, 3.05) is 10.7 Å². The Morgan fingerprint density at radius 2 is 2.06 bits per heavy atom. The summed E-state index contributed by atoms with van der Waals surface area (Å²) < 4.78 is 0. The van der Waals surface area contributed by atoms with Gasteiger partial charge in [-0.15, -0.1) is 0 Å². The number of non-ortho nitro benzene ring substituents is 1. The van der Waals surface area contributed by atoms with E-state index >= 15 is 0 Å². The molecule has 0 saturated heterocycles. The van der Waals surface area contributed by atoms with Gasteiger partial charge >= 0.3 is 0 Å². The Morgan fingerprint density at radius 1 is 1.33 bits per heavy atom. The van der Waals surface area contributed by atoms with Gasteiger partial charge in [0.1, 0.15) is 0 Å². The number of hydrogen-bond acceptors (Lipinski definition) is 5. The highest BCUT2D eigenvalue weighted by atomic mass is 16.6. The molecule has 6 nitrogen and oxygen atoms in total. The first kappa shape index (κ1) is 12.6. The Kier molecular flexibility index (Phi) is 3.66. The fraction of sp³-hybridized carbons (Fsp3) is 0.500. The van der Waals surface area contributed by atoms with Crippen molar-refractivity contribution < 1.29 is 4.92 Å². The SMILES string of the molecule is CC1CCCC1Nc1cc(NN)cc([N+](=O)[O-])c1. The van der Waals surface area contributed by atoms with Gasteiger partial charge in [0, 0.05) is 23.9 Å². The predicted molar refractivity (Wildman–Crippen MR) is 71.3 cm³/mol. The highest BCUT2D eigenvalue weighted by Crippen LogP contribution is 2.30. The number of nitrogens with one attached hydrogen (secondary N) is 2. The zero-order chi connectivity index (χ0) is 13.1. The lowest BCUT2D eigenvalue weighted by Crippen LogP contribution is -2.22. The second kappa shape index (κ2) is 5.22. The van der Waals surface area contributed by atoms with Crippen molar-refractivity contribution in [2.24, 2.45) is 11.8 Å². The molecule has 6 heteroatoms. The molecule has 0 heterocycles. The van der Waals surface area contributed by atoms with Crippen molar-refractivity contribution in [3.63, 3.8) is 0 Å². The van der Waals surface area contributed by atoms with Gasteiger partial charge in [0.2, 0.25) is 0 Å². The molecule has 98 valence electrons. The number of nitro groups is 1. The molecule has 1 saturated carbocycles. The predicted octanol–water partition coefficient (Wildman–Crippen LogP) is 2.48. The molecule has 1 aliphatic rings. The molecule has 2 rings (SSSR count). The maximum absolute atomic E-state index is 10.8. The summed E-state index contributed by atoms with van der Waals surface area (Å²) in [7, 11) is 0. The van der Waals surface area contributed by atoms with Crippen LogP contribution in [0, 0.1) is 16.0 Å². The van der Waals surface area contributed by atoms with Gasteiger partial charge < -0.3 is 10.7 Å². The first-order valence-corrected chi connectivity index (χ1v) is 6.13. The third-order valence-electron chi connectivity index (χ3n) is 3.51. The Labute approximate surface area is 106 Å². The number of nitrogen functional groups attached to an aromatic ring is 1. The van der Waals surface area contributed by atoms with E-state index in [1.165, 1.54) is 18.9 Å². The van der Waals surface area contributed by atoms with Crippen molar-refractivity contribution >= 4 is 17.1 Å². The average molecular weight is 250 g/mol. The zero-order valence-electron chi connectivity index (χ0n) is 10.3. The van der Waals surface area contributed by atoms with Gasteiger partial charge in [0.15, 0.2) is 0 Å². The summed E-state index contributed by atoms with van der Waals surface area (Å²) in [6.45, 7) is 2.20. The number of rotatable bonds is 4.